The molecule has 0 radical (unpaired) electrons. The molecule has 0 aromatic rings. The van der Waals surface area contributed by atoms with E-state index in [1.807, 2.05) is 0 Å². The second kappa shape index (κ2) is 9.77. The van der Waals surface area contributed by atoms with Crippen LogP contribution in [0.15, 0.2) is 0 Å². The minimum absolute atomic E-state index is 0.0420. The van der Waals surface area contributed by atoms with E-state index >= 15 is 0 Å². The van der Waals surface area contributed by atoms with Crippen molar-refractivity contribution in [1.29, 1.82) is 0 Å². The number of Topliss-reactive ketones (excluding diaryl/α,β-unsaturated/α-hetero) is 1. The standard InChI is InChI=1S/C17H29NO12/c1-5-9(22)10(23)12(25)16(27-5)30-15-8(4-20)28-17(13(26)11(15)24)29-14-6(3-19)18-2-7(14)21/h5-6,8-20,22-26H,2-4H2,1H3/t5-,6-,8-,9-,10+,11-,12-,13-,14-,15-,16+,17-/m1/s1. The highest BCUT2D eigenvalue weighted by Gasteiger charge is 2.51. The quantitative estimate of drug-likeness (QED) is 0.195. The molecule has 8 N–H and O–H groups in total. The molecule has 0 bridgehead atoms. The van der Waals surface area contributed by atoms with Gasteiger partial charge in [-0.05, 0) is 6.92 Å². The monoisotopic (exact) mass is 439 g/mol. The van der Waals surface area contributed by atoms with Crippen LogP contribution in [0.2, 0.25) is 0 Å². The molecule has 3 rings (SSSR count). The molecule has 0 aromatic heterocycles. The van der Waals surface area contributed by atoms with Gasteiger partial charge >= 0.3 is 0 Å². The summed E-state index contributed by atoms with van der Waals surface area (Å²) in [4.78, 5) is 11.9. The lowest BCUT2D eigenvalue weighted by Gasteiger charge is -2.46. The van der Waals surface area contributed by atoms with Crippen LogP contribution in [0.25, 0.3) is 0 Å². The minimum Gasteiger partial charge on any atom is -0.395 e. The van der Waals surface area contributed by atoms with Gasteiger partial charge in [-0.25, -0.2) is 0 Å². The van der Waals surface area contributed by atoms with Gasteiger partial charge in [-0.15, -0.1) is 0 Å². The van der Waals surface area contributed by atoms with Gasteiger partial charge < -0.3 is 60.0 Å². The number of carbonyl (C=O) groups is 1. The molecular weight excluding hydrogens is 410 g/mol. The van der Waals surface area contributed by atoms with Crippen molar-refractivity contribution in [3.63, 3.8) is 0 Å². The highest BCUT2D eigenvalue weighted by atomic mass is 16.7. The number of hydrogen-bond donors (Lipinski definition) is 8. The molecule has 3 fully saturated rings. The van der Waals surface area contributed by atoms with E-state index in [1.165, 1.54) is 6.92 Å². The van der Waals surface area contributed by atoms with Crippen molar-refractivity contribution in [2.75, 3.05) is 19.8 Å². The van der Waals surface area contributed by atoms with Gasteiger partial charge in [0.2, 0.25) is 0 Å². The fraction of sp³-hybridized carbons (Fsp3) is 0.941. The Kier molecular flexibility index (Phi) is 7.76. The number of aliphatic hydroxyl groups is 7. The van der Waals surface area contributed by atoms with Gasteiger partial charge in [0, 0.05) is 0 Å². The number of ketones is 1. The van der Waals surface area contributed by atoms with Crippen LogP contribution in [-0.4, -0.2) is 135 Å². The number of nitrogens with one attached hydrogen (secondary N) is 1. The predicted molar refractivity (Wildman–Crippen MR) is 93.7 cm³/mol. The summed E-state index contributed by atoms with van der Waals surface area (Å²) in [6.07, 6.45) is -15.7. The Morgan fingerprint density at radius 2 is 1.53 bits per heavy atom. The first-order valence-corrected chi connectivity index (χ1v) is 9.69. The number of hydrogen-bond acceptors (Lipinski definition) is 13. The molecule has 3 aliphatic rings. The molecule has 30 heavy (non-hydrogen) atoms. The molecular formula is C17H29NO12. The molecule has 13 nitrogen and oxygen atoms in total. The first kappa shape index (κ1) is 23.8. The zero-order chi connectivity index (χ0) is 22.2. The van der Waals surface area contributed by atoms with Crippen LogP contribution < -0.4 is 5.32 Å². The second-order valence-electron chi connectivity index (χ2n) is 7.68. The van der Waals surface area contributed by atoms with Gasteiger partial charge in [-0.2, -0.15) is 0 Å². The van der Waals surface area contributed by atoms with Gasteiger partial charge in [0.25, 0.3) is 0 Å². The Morgan fingerprint density at radius 3 is 2.17 bits per heavy atom. The van der Waals surface area contributed by atoms with E-state index in [0.29, 0.717) is 0 Å². The lowest BCUT2D eigenvalue weighted by atomic mass is 9.97. The molecule has 0 saturated carbocycles. The summed E-state index contributed by atoms with van der Waals surface area (Å²) >= 11 is 0. The molecule has 174 valence electrons. The summed E-state index contributed by atoms with van der Waals surface area (Å²) in [6.45, 7) is 0.314. The fourth-order valence-electron chi connectivity index (χ4n) is 3.75. The molecule has 3 saturated heterocycles. The van der Waals surface area contributed by atoms with Gasteiger partial charge in [-0.3, -0.25) is 4.79 Å². The summed E-state index contributed by atoms with van der Waals surface area (Å²) < 4.78 is 21.7. The molecule has 0 aliphatic carbocycles. The van der Waals surface area contributed by atoms with Gasteiger partial charge in [0.1, 0.15) is 48.8 Å². The Labute approximate surface area is 171 Å². The van der Waals surface area contributed by atoms with Crippen molar-refractivity contribution in [3.8, 4) is 0 Å². The molecule has 12 atom stereocenters. The number of aliphatic hydroxyl groups excluding tert-OH is 7. The van der Waals surface area contributed by atoms with E-state index in [4.69, 9.17) is 18.9 Å². The maximum Gasteiger partial charge on any atom is 0.187 e. The Morgan fingerprint density at radius 1 is 0.900 bits per heavy atom. The summed E-state index contributed by atoms with van der Waals surface area (Å²) in [6, 6.07) is -0.716. The summed E-state index contributed by atoms with van der Waals surface area (Å²) in [5.74, 6) is -0.376. The highest BCUT2D eigenvalue weighted by Crippen LogP contribution is 2.30. The van der Waals surface area contributed by atoms with E-state index in [2.05, 4.69) is 5.32 Å². The van der Waals surface area contributed by atoms with E-state index < -0.39 is 86.8 Å². The average Bonchev–Trinajstić information content (AvgIpc) is 3.09. The highest BCUT2D eigenvalue weighted by molar-refractivity contribution is 5.88. The Bertz CT molecular complexity index is 593. The maximum absolute atomic E-state index is 11.9. The Balaban J connectivity index is 1.69. The van der Waals surface area contributed by atoms with Crippen molar-refractivity contribution in [1.82, 2.24) is 5.32 Å². The molecule has 3 aliphatic heterocycles. The van der Waals surface area contributed by atoms with Crippen LogP contribution >= 0.6 is 0 Å². The van der Waals surface area contributed by atoms with E-state index in [-0.39, 0.29) is 12.3 Å². The van der Waals surface area contributed by atoms with Crippen LogP contribution in [0.1, 0.15) is 6.92 Å². The molecule has 13 heteroatoms. The van der Waals surface area contributed by atoms with Crippen molar-refractivity contribution in [2.45, 2.75) is 80.5 Å². The first-order valence-electron chi connectivity index (χ1n) is 9.69. The zero-order valence-electron chi connectivity index (χ0n) is 16.2. The number of ether oxygens (including phenoxy) is 4. The van der Waals surface area contributed by atoms with Crippen molar-refractivity contribution in [2.24, 2.45) is 0 Å². The summed E-state index contributed by atoms with van der Waals surface area (Å²) in [7, 11) is 0. The number of carbonyl (C=O) groups excluding carboxylic acids is 1. The Hall–Kier alpha value is -0.810. The largest absolute Gasteiger partial charge is 0.395 e. The topological polar surface area (TPSA) is 208 Å². The molecule has 0 spiro atoms. The van der Waals surface area contributed by atoms with E-state index in [1.54, 1.807) is 0 Å². The second-order valence-corrected chi connectivity index (χ2v) is 7.68. The van der Waals surface area contributed by atoms with E-state index in [9.17, 15) is 40.5 Å². The van der Waals surface area contributed by atoms with Gasteiger partial charge in [0.15, 0.2) is 18.4 Å². The average molecular weight is 439 g/mol. The lowest BCUT2D eigenvalue weighted by Crippen LogP contribution is -2.64. The predicted octanol–water partition coefficient (Wildman–Crippen LogP) is -5.44. The lowest BCUT2D eigenvalue weighted by molar-refractivity contribution is -0.359. The number of rotatable bonds is 6. The fourth-order valence-corrected chi connectivity index (χ4v) is 3.75. The zero-order valence-corrected chi connectivity index (χ0v) is 16.2. The normalized spacial score (nSPS) is 50.1. The van der Waals surface area contributed by atoms with Crippen LogP contribution in [0.3, 0.4) is 0 Å². The van der Waals surface area contributed by atoms with Crippen molar-refractivity contribution in [3.05, 3.63) is 0 Å². The molecule has 0 aromatic carbocycles. The third-order valence-corrected chi connectivity index (χ3v) is 5.62. The smallest absolute Gasteiger partial charge is 0.187 e. The van der Waals surface area contributed by atoms with Crippen LogP contribution in [0.5, 0.6) is 0 Å². The third kappa shape index (κ3) is 4.53. The minimum atomic E-state index is -1.71. The molecule has 0 unspecified atom stereocenters. The van der Waals surface area contributed by atoms with Crippen molar-refractivity contribution >= 4 is 5.78 Å². The van der Waals surface area contributed by atoms with Crippen LogP contribution in [-0.2, 0) is 23.7 Å². The van der Waals surface area contributed by atoms with Gasteiger partial charge in [0.05, 0.1) is 31.9 Å². The third-order valence-electron chi connectivity index (χ3n) is 5.62. The van der Waals surface area contributed by atoms with Gasteiger partial charge in [-0.1, -0.05) is 0 Å². The molecule has 0 amide bonds. The summed E-state index contributed by atoms with van der Waals surface area (Å²) in [5.41, 5.74) is 0. The van der Waals surface area contributed by atoms with Crippen molar-refractivity contribution < 1.29 is 59.5 Å². The summed E-state index contributed by atoms with van der Waals surface area (Å²) in [5, 5.41) is 72.4. The van der Waals surface area contributed by atoms with E-state index in [0.717, 1.165) is 0 Å². The maximum atomic E-state index is 11.9. The van der Waals surface area contributed by atoms with Crippen LogP contribution in [0, 0.1) is 0 Å². The molecule has 3 heterocycles. The first-order chi connectivity index (χ1) is 14.2. The SMILES string of the molecule is C[C@H]1O[C@@H](O[C@H]2[C@H](O)[C@@H](O)[C@@H](O[C@H]3C(=O)CN[C@@H]3CO)O[C@@H]2CO)[C@H](O)[C@@H](O)[C@@H]1O. The van der Waals surface area contributed by atoms with Crippen LogP contribution in [0.4, 0.5) is 0 Å².